The summed E-state index contributed by atoms with van der Waals surface area (Å²) in [7, 11) is 4.16. The maximum Gasteiger partial charge on any atom is 0.100 e. The van der Waals surface area contributed by atoms with Crippen molar-refractivity contribution in [2.75, 3.05) is 26.4 Å². The van der Waals surface area contributed by atoms with E-state index in [0.29, 0.717) is 11.5 Å². The van der Waals surface area contributed by atoms with Crippen molar-refractivity contribution in [3.8, 4) is 0 Å². The Labute approximate surface area is 66.9 Å². The summed E-state index contributed by atoms with van der Waals surface area (Å²) in [5, 5.41) is 0. The molecule has 0 aliphatic carbocycles. The highest BCUT2D eigenvalue weighted by molar-refractivity contribution is 7.99. The first-order valence-electron chi connectivity index (χ1n) is 3.60. The zero-order valence-corrected chi connectivity index (χ0v) is 7.65. The third kappa shape index (κ3) is 2.48. The van der Waals surface area contributed by atoms with Crippen LogP contribution in [0.25, 0.3) is 0 Å². The van der Waals surface area contributed by atoms with Gasteiger partial charge in [-0.15, -0.1) is 11.8 Å². The summed E-state index contributed by atoms with van der Waals surface area (Å²) in [4.78, 5) is 2.17. The standard InChI is InChI=1S/C7H15NOS/c1-6-9-7(5-10-6)4-8(2)3/h6-7H,4-5H2,1-3H3/t6-,7-/m1/s1. The van der Waals surface area contributed by atoms with Gasteiger partial charge < -0.3 is 9.64 Å². The van der Waals surface area contributed by atoms with Gasteiger partial charge in [-0.2, -0.15) is 0 Å². The van der Waals surface area contributed by atoms with Gasteiger partial charge in [0.2, 0.25) is 0 Å². The zero-order valence-electron chi connectivity index (χ0n) is 6.83. The highest BCUT2D eigenvalue weighted by Gasteiger charge is 2.22. The van der Waals surface area contributed by atoms with Crippen molar-refractivity contribution in [2.24, 2.45) is 0 Å². The van der Waals surface area contributed by atoms with Crippen molar-refractivity contribution in [1.29, 1.82) is 0 Å². The Morgan fingerprint density at radius 2 is 2.30 bits per heavy atom. The molecule has 0 bridgehead atoms. The second-order valence-corrected chi connectivity index (χ2v) is 4.25. The Balaban J connectivity index is 2.18. The summed E-state index contributed by atoms with van der Waals surface area (Å²) < 4.78 is 5.59. The smallest absolute Gasteiger partial charge is 0.100 e. The largest absolute Gasteiger partial charge is 0.362 e. The monoisotopic (exact) mass is 161 g/mol. The van der Waals surface area contributed by atoms with Crippen LogP contribution in [0, 0.1) is 0 Å². The highest BCUT2D eigenvalue weighted by atomic mass is 32.2. The predicted octanol–water partition coefficient (Wildman–Crippen LogP) is 1.03. The van der Waals surface area contributed by atoms with E-state index in [1.54, 1.807) is 0 Å². The molecule has 0 N–H and O–H groups in total. The third-order valence-corrected chi connectivity index (χ3v) is 2.61. The van der Waals surface area contributed by atoms with Gasteiger partial charge in [0.25, 0.3) is 0 Å². The molecule has 1 aliphatic rings. The van der Waals surface area contributed by atoms with Crippen molar-refractivity contribution < 1.29 is 4.74 Å². The van der Waals surface area contributed by atoms with E-state index >= 15 is 0 Å². The number of hydrogen-bond acceptors (Lipinski definition) is 3. The van der Waals surface area contributed by atoms with Crippen LogP contribution in [0.5, 0.6) is 0 Å². The van der Waals surface area contributed by atoms with Gasteiger partial charge in [-0.3, -0.25) is 0 Å². The van der Waals surface area contributed by atoms with Crippen LogP contribution in [-0.2, 0) is 4.74 Å². The fourth-order valence-electron chi connectivity index (χ4n) is 1.10. The van der Waals surface area contributed by atoms with Crippen LogP contribution < -0.4 is 0 Å². The predicted molar refractivity (Wildman–Crippen MR) is 45.3 cm³/mol. The number of nitrogens with zero attached hydrogens (tertiary/aromatic N) is 1. The Bertz CT molecular complexity index is 108. The molecule has 1 rings (SSSR count). The van der Waals surface area contributed by atoms with Gasteiger partial charge in [0.15, 0.2) is 0 Å². The second-order valence-electron chi connectivity index (χ2n) is 2.92. The molecule has 0 spiro atoms. The van der Waals surface area contributed by atoms with Crippen molar-refractivity contribution in [3.63, 3.8) is 0 Å². The molecule has 60 valence electrons. The summed E-state index contributed by atoms with van der Waals surface area (Å²) in [6, 6.07) is 0. The molecular weight excluding hydrogens is 146 g/mol. The van der Waals surface area contributed by atoms with E-state index in [-0.39, 0.29) is 0 Å². The van der Waals surface area contributed by atoms with Gasteiger partial charge >= 0.3 is 0 Å². The SMILES string of the molecule is C[C@@H]1O[C@H](CN(C)C)CS1. The maximum atomic E-state index is 5.59. The lowest BCUT2D eigenvalue weighted by Crippen LogP contribution is -2.27. The topological polar surface area (TPSA) is 12.5 Å². The van der Waals surface area contributed by atoms with E-state index in [1.165, 1.54) is 0 Å². The van der Waals surface area contributed by atoms with E-state index in [0.717, 1.165) is 12.3 Å². The van der Waals surface area contributed by atoms with E-state index in [9.17, 15) is 0 Å². The molecular formula is C7H15NOS. The Kier molecular flexibility index (Phi) is 3.01. The molecule has 2 atom stereocenters. The van der Waals surface area contributed by atoms with E-state index in [2.05, 4.69) is 25.9 Å². The molecule has 0 aromatic carbocycles. The van der Waals surface area contributed by atoms with Crippen molar-refractivity contribution in [2.45, 2.75) is 18.5 Å². The van der Waals surface area contributed by atoms with Crippen LogP contribution in [-0.4, -0.2) is 42.8 Å². The van der Waals surface area contributed by atoms with Crippen LogP contribution in [0.2, 0.25) is 0 Å². The van der Waals surface area contributed by atoms with E-state index in [1.807, 2.05) is 11.8 Å². The molecule has 1 aliphatic heterocycles. The molecule has 0 aromatic heterocycles. The average Bonchev–Trinajstić information content (AvgIpc) is 2.13. The summed E-state index contributed by atoms with van der Waals surface area (Å²) in [5.41, 5.74) is 0.407. The number of rotatable bonds is 2. The molecule has 1 fully saturated rings. The minimum atomic E-state index is 0.407. The molecule has 0 amide bonds. The minimum Gasteiger partial charge on any atom is -0.362 e. The van der Waals surface area contributed by atoms with Gasteiger partial charge in [-0.25, -0.2) is 0 Å². The number of thioether (sulfide) groups is 1. The molecule has 1 heterocycles. The molecule has 0 aromatic rings. The minimum absolute atomic E-state index is 0.407. The van der Waals surface area contributed by atoms with Crippen LogP contribution in [0.15, 0.2) is 0 Å². The van der Waals surface area contributed by atoms with Crippen molar-refractivity contribution in [3.05, 3.63) is 0 Å². The molecule has 10 heavy (non-hydrogen) atoms. The van der Waals surface area contributed by atoms with Gasteiger partial charge in [0, 0.05) is 12.3 Å². The summed E-state index contributed by atoms with van der Waals surface area (Å²) in [6.45, 7) is 3.16. The summed E-state index contributed by atoms with van der Waals surface area (Å²) in [6.07, 6.45) is 0.454. The first-order chi connectivity index (χ1) is 4.68. The van der Waals surface area contributed by atoms with Gasteiger partial charge in [-0.05, 0) is 21.0 Å². The van der Waals surface area contributed by atoms with Crippen molar-refractivity contribution >= 4 is 11.8 Å². The number of likely N-dealkylation sites (N-methyl/N-ethyl adjacent to an activating group) is 1. The van der Waals surface area contributed by atoms with Crippen LogP contribution in [0.1, 0.15) is 6.92 Å². The molecule has 1 saturated heterocycles. The number of ether oxygens (including phenoxy) is 1. The quantitative estimate of drug-likeness (QED) is 0.600. The van der Waals surface area contributed by atoms with Crippen LogP contribution >= 0.6 is 11.8 Å². The zero-order chi connectivity index (χ0) is 7.56. The Hall–Kier alpha value is 0.270. The Morgan fingerprint density at radius 1 is 1.60 bits per heavy atom. The average molecular weight is 161 g/mol. The van der Waals surface area contributed by atoms with E-state index in [4.69, 9.17) is 4.74 Å². The lowest BCUT2D eigenvalue weighted by Gasteiger charge is -2.14. The van der Waals surface area contributed by atoms with E-state index < -0.39 is 0 Å². The molecule has 0 radical (unpaired) electrons. The maximum absolute atomic E-state index is 5.59. The fraction of sp³-hybridized carbons (Fsp3) is 1.00. The van der Waals surface area contributed by atoms with Gasteiger partial charge in [-0.1, -0.05) is 0 Å². The lowest BCUT2D eigenvalue weighted by molar-refractivity contribution is 0.0578. The lowest BCUT2D eigenvalue weighted by atomic mass is 10.4. The second kappa shape index (κ2) is 3.60. The fourth-order valence-corrected chi connectivity index (χ4v) is 2.00. The van der Waals surface area contributed by atoms with Crippen LogP contribution in [0.3, 0.4) is 0 Å². The molecule has 0 unspecified atom stereocenters. The van der Waals surface area contributed by atoms with Gasteiger partial charge in [0.05, 0.1) is 6.10 Å². The highest BCUT2D eigenvalue weighted by Crippen LogP contribution is 2.24. The summed E-state index contributed by atoms with van der Waals surface area (Å²) >= 11 is 1.90. The molecule has 2 nitrogen and oxygen atoms in total. The molecule has 3 heteroatoms. The number of hydrogen-bond donors (Lipinski definition) is 0. The summed E-state index contributed by atoms with van der Waals surface area (Å²) in [5.74, 6) is 1.15. The van der Waals surface area contributed by atoms with Crippen molar-refractivity contribution in [1.82, 2.24) is 4.90 Å². The molecule has 0 saturated carbocycles. The Morgan fingerprint density at radius 3 is 2.70 bits per heavy atom. The third-order valence-electron chi connectivity index (χ3n) is 1.47. The van der Waals surface area contributed by atoms with Gasteiger partial charge in [0.1, 0.15) is 5.44 Å². The normalized spacial score (nSPS) is 33.6. The first kappa shape index (κ1) is 8.37. The van der Waals surface area contributed by atoms with Crippen LogP contribution in [0.4, 0.5) is 0 Å². The first-order valence-corrected chi connectivity index (χ1v) is 4.65.